The number of aliphatic hydroxyl groups is 1. The number of anilines is 1. The zero-order valence-corrected chi connectivity index (χ0v) is 27.1. The number of methoxy groups -OCH3 is 2. The molecule has 0 spiro atoms. The molecule has 244 valence electrons. The van der Waals surface area contributed by atoms with Gasteiger partial charge in [0.2, 0.25) is 10.0 Å². The maximum absolute atomic E-state index is 13.9. The summed E-state index contributed by atoms with van der Waals surface area (Å²) in [4.78, 5) is 2.52. The second-order valence-electron chi connectivity index (χ2n) is 11.4. The Balaban J connectivity index is 1.44. The van der Waals surface area contributed by atoms with Crippen molar-refractivity contribution < 1.29 is 37.2 Å². The summed E-state index contributed by atoms with van der Waals surface area (Å²) in [5.74, 6) is 1.26. The van der Waals surface area contributed by atoms with Crippen molar-refractivity contribution in [3.8, 4) is 11.5 Å². The number of benzene rings is 3. The molecule has 2 aliphatic rings. The van der Waals surface area contributed by atoms with Crippen LogP contribution < -0.4 is 14.4 Å². The van der Waals surface area contributed by atoms with Crippen LogP contribution in [0.5, 0.6) is 11.5 Å². The van der Waals surface area contributed by atoms with Crippen LogP contribution in [0.15, 0.2) is 71.6 Å². The van der Waals surface area contributed by atoms with E-state index in [0.29, 0.717) is 13.2 Å². The molecule has 0 amide bonds. The third-order valence-corrected chi connectivity index (χ3v) is 10.2. The van der Waals surface area contributed by atoms with Crippen LogP contribution in [0.1, 0.15) is 29.0 Å². The molecular formula is C34H44N2O8S. The first kappa shape index (κ1) is 33.2. The second-order valence-corrected chi connectivity index (χ2v) is 13.3. The number of aryl methyl sites for hydroxylation is 1. The van der Waals surface area contributed by atoms with Crippen LogP contribution in [0.4, 0.5) is 5.69 Å². The fourth-order valence-corrected chi connectivity index (χ4v) is 7.48. The first-order chi connectivity index (χ1) is 21.8. The largest absolute Gasteiger partial charge is 0.497 e. The highest BCUT2D eigenvalue weighted by Crippen LogP contribution is 2.37. The van der Waals surface area contributed by atoms with Gasteiger partial charge < -0.3 is 33.7 Å². The maximum atomic E-state index is 13.9. The number of aliphatic hydroxyl groups excluding tert-OH is 1. The minimum atomic E-state index is -3.84. The Hall–Kier alpha value is -3.19. The average molecular weight is 641 g/mol. The minimum absolute atomic E-state index is 0.0756. The molecule has 0 saturated carbocycles. The number of fused-ring (bicyclic) bond motifs is 1. The van der Waals surface area contributed by atoms with Gasteiger partial charge >= 0.3 is 0 Å². The Morgan fingerprint density at radius 3 is 2.36 bits per heavy atom. The van der Waals surface area contributed by atoms with Gasteiger partial charge in [-0.15, -0.1) is 0 Å². The van der Waals surface area contributed by atoms with Crippen LogP contribution >= 0.6 is 0 Å². The van der Waals surface area contributed by atoms with E-state index in [4.69, 9.17) is 23.7 Å². The van der Waals surface area contributed by atoms with E-state index >= 15 is 0 Å². The van der Waals surface area contributed by atoms with E-state index < -0.39 is 22.2 Å². The summed E-state index contributed by atoms with van der Waals surface area (Å²) in [5.41, 5.74) is 3.89. The molecule has 0 bridgehead atoms. The lowest BCUT2D eigenvalue weighted by Crippen LogP contribution is -2.54. The maximum Gasteiger partial charge on any atom is 0.243 e. The van der Waals surface area contributed by atoms with Gasteiger partial charge in [0.25, 0.3) is 0 Å². The van der Waals surface area contributed by atoms with Gasteiger partial charge in [0.05, 0.1) is 56.3 Å². The van der Waals surface area contributed by atoms with Crippen molar-refractivity contribution in [1.82, 2.24) is 4.31 Å². The first-order valence-electron chi connectivity index (χ1n) is 15.4. The van der Waals surface area contributed by atoms with Crippen LogP contribution in [-0.2, 0) is 30.8 Å². The zero-order chi connectivity index (χ0) is 31.8. The van der Waals surface area contributed by atoms with Crippen molar-refractivity contribution >= 4 is 15.7 Å². The third kappa shape index (κ3) is 7.97. The Morgan fingerprint density at radius 2 is 1.67 bits per heavy atom. The Labute approximate surface area is 266 Å². The molecule has 0 radical (unpaired) electrons. The number of hydrogen-bond acceptors (Lipinski definition) is 9. The fraction of sp³-hybridized carbons (Fsp3) is 0.471. The minimum Gasteiger partial charge on any atom is -0.497 e. The Bertz CT molecular complexity index is 1480. The highest BCUT2D eigenvalue weighted by molar-refractivity contribution is 7.89. The summed E-state index contributed by atoms with van der Waals surface area (Å²) in [5, 5.41) is 9.63. The Morgan fingerprint density at radius 1 is 0.933 bits per heavy atom. The van der Waals surface area contributed by atoms with Crippen LogP contribution in [0.2, 0.25) is 0 Å². The molecule has 10 nitrogen and oxygen atoms in total. The molecule has 1 saturated heterocycles. The molecule has 1 fully saturated rings. The standard InChI is InChI=1S/C34H44N2O8S/c1-25-5-12-29(13-6-25)45(38,39)36-22-32(43-20-17-37)34(27-8-10-28(41-3)11-9-27)33(23-36)44-24-26-7-14-31-30(21-26)35(16-19-42-31)15-4-18-40-2/h5-14,21,32-34,37H,4,15-20,22-24H2,1-3H3/t32-,33+,34+/m1/s1. The molecule has 3 aromatic carbocycles. The summed E-state index contributed by atoms with van der Waals surface area (Å²) >= 11 is 0. The monoisotopic (exact) mass is 640 g/mol. The number of ether oxygens (including phenoxy) is 5. The molecule has 11 heteroatoms. The predicted octanol–water partition coefficient (Wildman–Crippen LogP) is 3.99. The van der Waals surface area contributed by atoms with Gasteiger partial charge in [-0.3, -0.25) is 0 Å². The van der Waals surface area contributed by atoms with E-state index in [1.807, 2.05) is 43.3 Å². The highest BCUT2D eigenvalue weighted by Gasteiger charge is 2.43. The van der Waals surface area contributed by atoms with Gasteiger partial charge in [-0.25, -0.2) is 8.42 Å². The van der Waals surface area contributed by atoms with Gasteiger partial charge in [0.1, 0.15) is 18.1 Å². The topological polar surface area (TPSA) is 107 Å². The van der Waals surface area contributed by atoms with Crippen molar-refractivity contribution in [3.05, 3.63) is 83.4 Å². The molecular weight excluding hydrogens is 596 g/mol. The second kappa shape index (κ2) is 15.4. The first-order valence-corrected chi connectivity index (χ1v) is 16.8. The van der Waals surface area contributed by atoms with Gasteiger partial charge in [0.15, 0.2) is 0 Å². The molecule has 0 aliphatic carbocycles. The van der Waals surface area contributed by atoms with E-state index in [0.717, 1.165) is 53.4 Å². The van der Waals surface area contributed by atoms with Gasteiger partial charge in [-0.2, -0.15) is 4.31 Å². The van der Waals surface area contributed by atoms with Gasteiger partial charge in [0, 0.05) is 39.3 Å². The van der Waals surface area contributed by atoms with Crippen molar-refractivity contribution in [1.29, 1.82) is 0 Å². The lowest BCUT2D eigenvalue weighted by Gasteiger charge is -2.43. The van der Waals surface area contributed by atoms with Crippen molar-refractivity contribution in [3.63, 3.8) is 0 Å². The molecule has 2 aliphatic heterocycles. The zero-order valence-electron chi connectivity index (χ0n) is 26.3. The van der Waals surface area contributed by atoms with Crippen molar-refractivity contribution in [2.75, 3.05) is 71.7 Å². The molecule has 0 unspecified atom stereocenters. The number of nitrogens with zero attached hydrogens (tertiary/aromatic N) is 2. The summed E-state index contributed by atoms with van der Waals surface area (Å²) in [7, 11) is -0.518. The van der Waals surface area contributed by atoms with Gasteiger partial charge in [-0.05, 0) is 60.9 Å². The van der Waals surface area contributed by atoms with Crippen LogP contribution in [-0.4, -0.2) is 96.9 Å². The van der Waals surface area contributed by atoms with E-state index in [2.05, 4.69) is 11.0 Å². The lowest BCUT2D eigenvalue weighted by molar-refractivity contribution is -0.0834. The van der Waals surface area contributed by atoms with E-state index in [1.54, 1.807) is 38.5 Å². The Kier molecular flexibility index (Phi) is 11.4. The quantitative estimate of drug-likeness (QED) is 0.262. The average Bonchev–Trinajstić information content (AvgIpc) is 3.06. The number of sulfonamides is 1. The molecule has 2 heterocycles. The van der Waals surface area contributed by atoms with Crippen molar-refractivity contribution in [2.45, 2.75) is 43.0 Å². The predicted molar refractivity (Wildman–Crippen MR) is 172 cm³/mol. The summed E-state index contributed by atoms with van der Waals surface area (Å²) in [6, 6.07) is 20.6. The number of hydrogen-bond donors (Lipinski definition) is 1. The van der Waals surface area contributed by atoms with Gasteiger partial charge in [-0.1, -0.05) is 35.9 Å². The number of rotatable bonds is 14. The molecule has 3 atom stereocenters. The smallest absolute Gasteiger partial charge is 0.243 e. The van der Waals surface area contributed by atoms with Crippen LogP contribution in [0, 0.1) is 6.92 Å². The molecule has 3 aromatic rings. The lowest BCUT2D eigenvalue weighted by atomic mass is 9.85. The van der Waals surface area contributed by atoms with E-state index in [9.17, 15) is 13.5 Å². The third-order valence-electron chi connectivity index (χ3n) is 8.37. The van der Waals surface area contributed by atoms with E-state index in [-0.39, 0.29) is 43.7 Å². The van der Waals surface area contributed by atoms with E-state index in [1.165, 1.54) is 4.31 Å². The normalized spacial score (nSPS) is 20.4. The van der Waals surface area contributed by atoms with Crippen LogP contribution in [0.25, 0.3) is 0 Å². The van der Waals surface area contributed by atoms with Crippen LogP contribution in [0.3, 0.4) is 0 Å². The SMILES string of the molecule is COCCCN1CCOc2ccc(CO[C@H]3CN(S(=O)(=O)c4ccc(C)cc4)C[C@@H](OCCO)[C@@H]3c3ccc(OC)cc3)cc21. The summed E-state index contributed by atoms with van der Waals surface area (Å²) in [6.45, 7) is 5.31. The fourth-order valence-electron chi connectivity index (χ4n) is 6.01. The summed E-state index contributed by atoms with van der Waals surface area (Å²) < 4.78 is 58.6. The molecule has 1 N–H and O–H groups in total. The summed E-state index contributed by atoms with van der Waals surface area (Å²) in [6.07, 6.45) is -0.193. The molecule has 45 heavy (non-hydrogen) atoms. The molecule has 5 rings (SSSR count). The van der Waals surface area contributed by atoms with Crippen molar-refractivity contribution in [2.24, 2.45) is 0 Å². The number of piperidine rings is 1. The highest BCUT2D eigenvalue weighted by atomic mass is 32.2. The molecule has 0 aromatic heterocycles.